The third kappa shape index (κ3) is 4.00. The second-order valence-electron chi connectivity index (χ2n) is 3.92. The van der Waals surface area contributed by atoms with Gasteiger partial charge in [0, 0.05) is 23.1 Å². The van der Waals surface area contributed by atoms with Gasteiger partial charge in [-0.2, -0.15) is 13.2 Å². The van der Waals surface area contributed by atoms with Crippen LogP contribution in [0.15, 0.2) is 16.6 Å². The minimum Gasteiger partial charge on any atom is -0.490 e. The molecular formula is C11H11BrClF3N2O2. The van der Waals surface area contributed by atoms with Gasteiger partial charge in [0.2, 0.25) is 0 Å². The summed E-state index contributed by atoms with van der Waals surface area (Å²) >= 11 is 3.19. The number of amides is 1. The Hall–Kier alpha value is -0.990. The first-order valence-electron chi connectivity index (χ1n) is 5.42. The predicted octanol–water partition coefficient (Wildman–Crippen LogP) is 2.85. The fraction of sp³-hybridized carbons (Fsp3) is 0.364. The van der Waals surface area contributed by atoms with E-state index in [-0.39, 0.29) is 23.8 Å². The van der Waals surface area contributed by atoms with Gasteiger partial charge >= 0.3 is 12.1 Å². The summed E-state index contributed by atoms with van der Waals surface area (Å²) in [6, 6.07) is 3.12. The van der Waals surface area contributed by atoms with Crippen molar-refractivity contribution >= 4 is 39.9 Å². The van der Waals surface area contributed by atoms with Crippen molar-refractivity contribution in [2.45, 2.75) is 12.7 Å². The van der Waals surface area contributed by atoms with E-state index in [1.807, 2.05) is 5.32 Å². The summed E-state index contributed by atoms with van der Waals surface area (Å²) in [4.78, 5) is 11.0. The molecule has 0 aromatic heterocycles. The molecule has 1 amide bonds. The molecule has 0 bridgehead atoms. The Balaban J connectivity index is 0.00000200. The van der Waals surface area contributed by atoms with Gasteiger partial charge in [0.05, 0.1) is 5.69 Å². The van der Waals surface area contributed by atoms with Crippen molar-refractivity contribution in [3.8, 4) is 5.75 Å². The van der Waals surface area contributed by atoms with E-state index in [2.05, 4.69) is 21.2 Å². The fourth-order valence-corrected chi connectivity index (χ4v) is 2.19. The van der Waals surface area contributed by atoms with Crippen LogP contribution in [-0.4, -0.2) is 25.2 Å². The standard InChI is InChI=1S/C11H10BrF3N2O2.ClH/c12-7-3-6-5-16-1-2-19-9(6)8(4-7)17-10(18)11(13,14)15;/h3-4,16H,1-2,5H2,(H,17,18);1H. The van der Waals surface area contributed by atoms with Gasteiger partial charge < -0.3 is 15.4 Å². The molecule has 0 spiro atoms. The number of hydrogen-bond acceptors (Lipinski definition) is 3. The number of anilines is 1. The first-order chi connectivity index (χ1) is 8.88. The van der Waals surface area contributed by atoms with Gasteiger partial charge in [-0.05, 0) is 12.1 Å². The molecule has 112 valence electrons. The number of rotatable bonds is 1. The van der Waals surface area contributed by atoms with Gasteiger partial charge in [0.15, 0.2) is 0 Å². The molecular weight excluding hydrogens is 364 g/mol. The summed E-state index contributed by atoms with van der Waals surface area (Å²) in [5.74, 6) is -1.75. The molecule has 1 aliphatic heterocycles. The Morgan fingerprint density at radius 3 is 2.75 bits per heavy atom. The van der Waals surface area contributed by atoms with Gasteiger partial charge in [-0.1, -0.05) is 15.9 Å². The summed E-state index contributed by atoms with van der Waals surface area (Å²) in [5, 5.41) is 4.89. The number of ether oxygens (including phenoxy) is 1. The smallest absolute Gasteiger partial charge is 0.471 e. The average Bonchev–Trinajstić information content (AvgIpc) is 2.52. The summed E-state index contributed by atoms with van der Waals surface area (Å²) in [7, 11) is 0. The van der Waals surface area contributed by atoms with Crippen LogP contribution in [0, 0.1) is 0 Å². The average molecular weight is 376 g/mol. The van der Waals surface area contributed by atoms with Crippen LogP contribution >= 0.6 is 28.3 Å². The highest BCUT2D eigenvalue weighted by Crippen LogP contribution is 2.34. The highest BCUT2D eigenvalue weighted by Gasteiger charge is 2.39. The molecule has 1 aromatic carbocycles. The molecule has 4 nitrogen and oxygen atoms in total. The molecule has 9 heteroatoms. The Morgan fingerprint density at radius 1 is 1.40 bits per heavy atom. The van der Waals surface area contributed by atoms with Crippen LogP contribution in [0.5, 0.6) is 5.75 Å². The molecule has 1 aliphatic rings. The van der Waals surface area contributed by atoms with E-state index in [1.54, 1.807) is 6.07 Å². The lowest BCUT2D eigenvalue weighted by molar-refractivity contribution is -0.167. The number of halogens is 5. The molecule has 0 radical (unpaired) electrons. The number of carbonyl (C=O) groups is 1. The van der Waals surface area contributed by atoms with Crippen LogP contribution in [0.3, 0.4) is 0 Å². The Labute approximate surface area is 127 Å². The first-order valence-corrected chi connectivity index (χ1v) is 6.21. The first kappa shape index (κ1) is 17.1. The number of benzene rings is 1. The van der Waals surface area contributed by atoms with Crippen LogP contribution in [0.2, 0.25) is 0 Å². The Morgan fingerprint density at radius 2 is 2.10 bits per heavy atom. The van der Waals surface area contributed by atoms with Gasteiger partial charge in [0.25, 0.3) is 0 Å². The number of alkyl halides is 3. The molecule has 0 unspecified atom stereocenters. The number of hydrogen-bond donors (Lipinski definition) is 2. The zero-order valence-corrected chi connectivity index (χ0v) is 12.4. The zero-order chi connectivity index (χ0) is 14.0. The third-order valence-corrected chi connectivity index (χ3v) is 2.93. The Kier molecular flexibility index (Phi) is 5.67. The van der Waals surface area contributed by atoms with Crippen LogP contribution in [0.4, 0.5) is 18.9 Å². The molecule has 2 rings (SSSR count). The molecule has 20 heavy (non-hydrogen) atoms. The molecule has 0 aliphatic carbocycles. The normalized spacial score (nSPS) is 14.4. The predicted molar refractivity (Wildman–Crippen MR) is 73.3 cm³/mol. The van der Waals surface area contributed by atoms with E-state index < -0.39 is 12.1 Å². The van der Waals surface area contributed by atoms with Crippen molar-refractivity contribution in [3.05, 3.63) is 22.2 Å². The van der Waals surface area contributed by atoms with Crippen LogP contribution in [0.25, 0.3) is 0 Å². The van der Waals surface area contributed by atoms with E-state index in [9.17, 15) is 18.0 Å². The second kappa shape index (κ2) is 6.64. The third-order valence-electron chi connectivity index (χ3n) is 2.48. The van der Waals surface area contributed by atoms with Crippen LogP contribution in [0.1, 0.15) is 5.56 Å². The number of fused-ring (bicyclic) bond motifs is 1. The van der Waals surface area contributed by atoms with Gasteiger partial charge in [-0.15, -0.1) is 12.4 Å². The van der Waals surface area contributed by atoms with E-state index in [1.165, 1.54) is 6.07 Å². The second-order valence-corrected chi connectivity index (χ2v) is 4.83. The summed E-state index contributed by atoms with van der Waals surface area (Å²) in [6.07, 6.45) is -4.93. The van der Waals surface area contributed by atoms with Gasteiger partial charge in [-0.25, -0.2) is 0 Å². The van der Waals surface area contributed by atoms with Crippen molar-refractivity contribution in [1.82, 2.24) is 5.32 Å². The lowest BCUT2D eigenvalue weighted by Gasteiger charge is -2.15. The maximum atomic E-state index is 12.3. The van der Waals surface area contributed by atoms with E-state index in [0.717, 1.165) is 0 Å². The van der Waals surface area contributed by atoms with Crippen molar-refractivity contribution < 1.29 is 22.7 Å². The van der Waals surface area contributed by atoms with E-state index >= 15 is 0 Å². The minimum atomic E-state index is -4.93. The zero-order valence-electron chi connectivity index (χ0n) is 10.0. The number of nitrogens with one attached hydrogen (secondary N) is 2. The maximum Gasteiger partial charge on any atom is 0.471 e. The maximum absolute atomic E-state index is 12.3. The molecule has 0 saturated carbocycles. The van der Waals surface area contributed by atoms with Crippen molar-refractivity contribution in [3.63, 3.8) is 0 Å². The number of carbonyl (C=O) groups excluding carboxylic acids is 1. The van der Waals surface area contributed by atoms with Crippen molar-refractivity contribution in [2.75, 3.05) is 18.5 Å². The minimum absolute atomic E-state index is 0. The molecule has 0 saturated heterocycles. The fourth-order valence-electron chi connectivity index (χ4n) is 1.69. The SMILES string of the molecule is Cl.O=C(Nc1cc(Br)cc2c1OCCNC2)C(F)(F)F. The molecule has 1 heterocycles. The highest BCUT2D eigenvalue weighted by molar-refractivity contribution is 9.10. The van der Waals surface area contributed by atoms with Crippen LogP contribution in [-0.2, 0) is 11.3 Å². The lowest BCUT2D eigenvalue weighted by atomic mass is 10.1. The molecule has 0 atom stereocenters. The van der Waals surface area contributed by atoms with Gasteiger partial charge in [0.1, 0.15) is 12.4 Å². The lowest BCUT2D eigenvalue weighted by Crippen LogP contribution is -2.30. The van der Waals surface area contributed by atoms with E-state index in [0.29, 0.717) is 29.7 Å². The highest BCUT2D eigenvalue weighted by atomic mass is 79.9. The van der Waals surface area contributed by atoms with Gasteiger partial charge in [-0.3, -0.25) is 4.79 Å². The molecule has 1 aromatic rings. The monoisotopic (exact) mass is 374 g/mol. The van der Waals surface area contributed by atoms with Crippen LogP contribution < -0.4 is 15.4 Å². The van der Waals surface area contributed by atoms with Crippen molar-refractivity contribution in [1.29, 1.82) is 0 Å². The molecule has 2 N–H and O–H groups in total. The summed E-state index contributed by atoms with van der Waals surface area (Å²) in [6.45, 7) is 1.37. The largest absolute Gasteiger partial charge is 0.490 e. The van der Waals surface area contributed by atoms with Crippen molar-refractivity contribution in [2.24, 2.45) is 0 Å². The topological polar surface area (TPSA) is 50.4 Å². The summed E-state index contributed by atoms with van der Waals surface area (Å²) < 4.78 is 42.8. The molecule has 0 fully saturated rings. The Bertz CT molecular complexity index is 511. The summed E-state index contributed by atoms with van der Waals surface area (Å²) in [5.41, 5.74) is 0.694. The van der Waals surface area contributed by atoms with E-state index in [4.69, 9.17) is 4.74 Å². The quantitative estimate of drug-likeness (QED) is 0.794.